The van der Waals surface area contributed by atoms with E-state index in [-0.39, 0.29) is 23.0 Å². The summed E-state index contributed by atoms with van der Waals surface area (Å²) in [5, 5.41) is 2.80. The van der Waals surface area contributed by atoms with Gasteiger partial charge in [-0.2, -0.15) is 4.31 Å². The first-order valence-electron chi connectivity index (χ1n) is 8.70. The highest BCUT2D eigenvalue weighted by atomic mass is 79.9. The second kappa shape index (κ2) is 9.04. The lowest BCUT2D eigenvalue weighted by Gasteiger charge is -2.26. The van der Waals surface area contributed by atoms with E-state index in [4.69, 9.17) is 9.47 Å². The molecule has 1 N–H and O–H groups in total. The molecule has 0 atom stereocenters. The summed E-state index contributed by atoms with van der Waals surface area (Å²) in [5.74, 6) is 0.0145. The molecule has 2 aromatic rings. The number of rotatable bonds is 6. The lowest BCUT2D eigenvalue weighted by atomic mass is 10.1. The Hall–Kier alpha value is -1.94. The Balaban J connectivity index is 1.81. The minimum atomic E-state index is -3.74. The lowest BCUT2D eigenvalue weighted by molar-refractivity contribution is -0.115. The summed E-state index contributed by atoms with van der Waals surface area (Å²) < 4.78 is 38.7. The number of anilines is 1. The zero-order valence-electron chi connectivity index (χ0n) is 15.4. The van der Waals surface area contributed by atoms with Crippen LogP contribution in [0.4, 0.5) is 5.69 Å². The Morgan fingerprint density at radius 2 is 1.96 bits per heavy atom. The van der Waals surface area contributed by atoms with Gasteiger partial charge in [0.1, 0.15) is 10.6 Å². The van der Waals surface area contributed by atoms with Crippen molar-refractivity contribution >= 4 is 37.5 Å². The fourth-order valence-corrected chi connectivity index (χ4v) is 4.93. The molecule has 0 unspecified atom stereocenters. The van der Waals surface area contributed by atoms with Crippen LogP contribution in [0.15, 0.2) is 51.8 Å². The normalized spacial score (nSPS) is 15.2. The van der Waals surface area contributed by atoms with Gasteiger partial charge in [-0.1, -0.05) is 28.1 Å². The summed E-state index contributed by atoms with van der Waals surface area (Å²) in [4.78, 5) is 12.4. The number of amides is 1. The number of carbonyl (C=O) groups excluding carboxylic acids is 1. The van der Waals surface area contributed by atoms with Crippen LogP contribution < -0.4 is 10.1 Å². The van der Waals surface area contributed by atoms with Crippen LogP contribution in [0.2, 0.25) is 0 Å². The third-order valence-corrected chi connectivity index (χ3v) is 6.70. The van der Waals surface area contributed by atoms with Gasteiger partial charge in [-0.05, 0) is 35.9 Å². The van der Waals surface area contributed by atoms with Gasteiger partial charge in [-0.15, -0.1) is 0 Å². The van der Waals surface area contributed by atoms with Crippen molar-refractivity contribution in [1.82, 2.24) is 4.31 Å². The minimum absolute atomic E-state index is 0.0438. The zero-order valence-corrected chi connectivity index (χ0v) is 17.8. The van der Waals surface area contributed by atoms with Crippen LogP contribution in [0.3, 0.4) is 0 Å². The summed E-state index contributed by atoms with van der Waals surface area (Å²) in [6.45, 7) is 1.30. The number of methoxy groups -OCH3 is 1. The van der Waals surface area contributed by atoms with Crippen LogP contribution in [0.25, 0.3) is 0 Å². The van der Waals surface area contributed by atoms with E-state index in [1.807, 2.05) is 12.1 Å². The molecule has 0 radical (unpaired) electrons. The Labute approximate surface area is 172 Å². The molecule has 1 amide bonds. The number of nitrogens with one attached hydrogen (secondary N) is 1. The SMILES string of the molecule is COc1ccc(CC(=O)Nc2cccc(Br)c2)cc1S(=O)(=O)N1CCOCC1. The number of morpholine rings is 1. The molecule has 7 nitrogen and oxygen atoms in total. The maximum absolute atomic E-state index is 13.0. The Morgan fingerprint density at radius 1 is 1.21 bits per heavy atom. The van der Waals surface area contributed by atoms with Gasteiger partial charge >= 0.3 is 0 Å². The third-order valence-electron chi connectivity index (χ3n) is 4.29. The fourth-order valence-electron chi connectivity index (χ4n) is 2.92. The van der Waals surface area contributed by atoms with Crippen LogP contribution in [-0.2, 0) is 26.0 Å². The summed E-state index contributed by atoms with van der Waals surface area (Å²) >= 11 is 3.36. The number of nitrogens with zero attached hydrogens (tertiary/aromatic N) is 1. The van der Waals surface area contributed by atoms with Crippen LogP contribution in [0.1, 0.15) is 5.56 Å². The molecule has 0 spiro atoms. The maximum Gasteiger partial charge on any atom is 0.246 e. The van der Waals surface area contributed by atoms with Crippen molar-refractivity contribution in [3.05, 3.63) is 52.5 Å². The van der Waals surface area contributed by atoms with Crippen LogP contribution in [0, 0.1) is 0 Å². The molecule has 0 bridgehead atoms. The number of hydrogen-bond acceptors (Lipinski definition) is 5. The number of sulfonamides is 1. The van der Waals surface area contributed by atoms with Crippen molar-refractivity contribution in [3.63, 3.8) is 0 Å². The maximum atomic E-state index is 13.0. The van der Waals surface area contributed by atoms with Gasteiger partial charge in [-0.3, -0.25) is 4.79 Å². The van der Waals surface area contributed by atoms with E-state index in [0.29, 0.717) is 37.6 Å². The first kappa shape index (κ1) is 20.8. The van der Waals surface area contributed by atoms with E-state index in [9.17, 15) is 13.2 Å². The summed E-state index contributed by atoms with van der Waals surface area (Å²) in [5.41, 5.74) is 1.24. The van der Waals surface area contributed by atoms with Crippen LogP contribution in [0.5, 0.6) is 5.75 Å². The van der Waals surface area contributed by atoms with E-state index in [0.717, 1.165) is 4.47 Å². The first-order valence-corrected chi connectivity index (χ1v) is 10.9. The standard InChI is InChI=1S/C19H21BrN2O5S/c1-26-17-6-5-14(12-19(23)21-16-4-2-3-15(20)13-16)11-18(17)28(24,25)22-7-9-27-10-8-22/h2-6,11,13H,7-10,12H2,1H3,(H,21,23). The molecule has 1 heterocycles. The molecule has 28 heavy (non-hydrogen) atoms. The zero-order chi connectivity index (χ0) is 20.1. The van der Waals surface area contributed by atoms with E-state index >= 15 is 0 Å². The lowest BCUT2D eigenvalue weighted by Crippen LogP contribution is -2.40. The molecule has 1 aliphatic rings. The molecule has 0 aromatic heterocycles. The van der Waals surface area contributed by atoms with Gasteiger partial charge in [-0.25, -0.2) is 8.42 Å². The van der Waals surface area contributed by atoms with E-state index in [1.165, 1.54) is 17.5 Å². The average molecular weight is 469 g/mol. The van der Waals surface area contributed by atoms with Gasteiger partial charge in [0.05, 0.1) is 26.7 Å². The number of hydrogen-bond donors (Lipinski definition) is 1. The molecule has 1 aliphatic heterocycles. The van der Waals surface area contributed by atoms with E-state index in [2.05, 4.69) is 21.2 Å². The number of carbonyl (C=O) groups is 1. The summed E-state index contributed by atoms with van der Waals surface area (Å²) in [7, 11) is -2.31. The topological polar surface area (TPSA) is 84.9 Å². The number of halogens is 1. The molecular weight excluding hydrogens is 448 g/mol. The van der Waals surface area contributed by atoms with Crippen molar-refractivity contribution in [3.8, 4) is 5.75 Å². The van der Waals surface area contributed by atoms with Gasteiger partial charge in [0.25, 0.3) is 0 Å². The average Bonchev–Trinajstić information content (AvgIpc) is 2.68. The van der Waals surface area contributed by atoms with Gasteiger partial charge in [0.15, 0.2) is 0 Å². The Kier molecular flexibility index (Phi) is 6.71. The molecule has 0 saturated carbocycles. The number of benzene rings is 2. The van der Waals surface area contributed by atoms with Gasteiger partial charge in [0.2, 0.25) is 15.9 Å². The molecule has 9 heteroatoms. The Morgan fingerprint density at radius 3 is 2.64 bits per heavy atom. The summed E-state index contributed by atoms with van der Waals surface area (Å²) in [6.07, 6.45) is 0.0438. The quantitative estimate of drug-likeness (QED) is 0.704. The molecule has 150 valence electrons. The van der Waals surface area contributed by atoms with E-state index in [1.54, 1.807) is 24.3 Å². The molecule has 0 aliphatic carbocycles. The fraction of sp³-hybridized carbons (Fsp3) is 0.316. The first-order chi connectivity index (χ1) is 13.4. The highest BCUT2D eigenvalue weighted by Crippen LogP contribution is 2.28. The van der Waals surface area contributed by atoms with Crippen molar-refractivity contribution in [2.24, 2.45) is 0 Å². The predicted octanol–water partition coefficient (Wildman–Crippen LogP) is 2.66. The molecular formula is C19H21BrN2O5S. The largest absolute Gasteiger partial charge is 0.495 e. The minimum Gasteiger partial charge on any atom is -0.495 e. The molecule has 2 aromatic carbocycles. The highest BCUT2D eigenvalue weighted by Gasteiger charge is 2.29. The molecule has 1 fully saturated rings. The number of ether oxygens (including phenoxy) is 2. The molecule has 1 saturated heterocycles. The van der Waals surface area contributed by atoms with E-state index < -0.39 is 10.0 Å². The van der Waals surface area contributed by atoms with Crippen molar-refractivity contribution in [2.75, 3.05) is 38.7 Å². The Bertz CT molecular complexity index is 959. The second-order valence-electron chi connectivity index (χ2n) is 6.24. The van der Waals surface area contributed by atoms with Gasteiger partial charge < -0.3 is 14.8 Å². The smallest absolute Gasteiger partial charge is 0.246 e. The van der Waals surface area contributed by atoms with Crippen LogP contribution >= 0.6 is 15.9 Å². The van der Waals surface area contributed by atoms with Crippen molar-refractivity contribution in [1.29, 1.82) is 0 Å². The monoisotopic (exact) mass is 468 g/mol. The van der Waals surface area contributed by atoms with Crippen molar-refractivity contribution < 1.29 is 22.7 Å². The summed E-state index contributed by atoms with van der Waals surface area (Å²) in [6, 6.07) is 12.0. The molecule has 3 rings (SSSR count). The van der Waals surface area contributed by atoms with Gasteiger partial charge in [0, 0.05) is 23.2 Å². The van der Waals surface area contributed by atoms with Crippen LogP contribution in [-0.4, -0.2) is 52.0 Å². The van der Waals surface area contributed by atoms with Crippen molar-refractivity contribution in [2.45, 2.75) is 11.3 Å². The highest BCUT2D eigenvalue weighted by molar-refractivity contribution is 9.10. The predicted molar refractivity (Wildman–Crippen MR) is 109 cm³/mol. The second-order valence-corrected chi connectivity index (χ2v) is 9.06. The third kappa shape index (κ3) is 4.91.